The number of phenolic OH excluding ortho intramolecular Hbond substituents is 1. The topological polar surface area (TPSA) is 50.9 Å². The molecule has 0 fully saturated rings. The van der Waals surface area contributed by atoms with E-state index in [1.807, 2.05) is 6.20 Å². The zero-order valence-corrected chi connectivity index (χ0v) is 46.7. The molecule has 2 heterocycles. The van der Waals surface area contributed by atoms with E-state index in [0.29, 0.717) is 11.4 Å². The third-order valence-corrected chi connectivity index (χ3v) is 16.3. The molecule has 0 amide bonds. The fraction of sp³-hybridized carbons (Fsp3) is 0.250. The molecule has 1 aliphatic rings. The van der Waals surface area contributed by atoms with E-state index in [1.54, 1.807) is 0 Å². The van der Waals surface area contributed by atoms with Crippen molar-refractivity contribution in [2.24, 2.45) is 0 Å². The van der Waals surface area contributed by atoms with E-state index >= 15 is 0 Å². The van der Waals surface area contributed by atoms with Crippen LogP contribution in [0.15, 0.2) is 188 Å². The largest absolute Gasteiger partial charge is 0.507 e. The maximum Gasteiger partial charge on any atom is 0.149 e. The Bertz CT molecular complexity index is 3850. The van der Waals surface area contributed by atoms with Crippen molar-refractivity contribution in [3.63, 3.8) is 0 Å². The Labute approximate surface area is 451 Å². The van der Waals surface area contributed by atoms with Gasteiger partial charge >= 0.3 is 0 Å². The summed E-state index contributed by atoms with van der Waals surface area (Å²) >= 11 is 0. The van der Waals surface area contributed by atoms with Crippen LogP contribution in [0.3, 0.4) is 0 Å². The van der Waals surface area contributed by atoms with Crippen LogP contribution in [-0.4, -0.2) is 19.6 Å². The number of aromatic nitrogens is 3. The zero-order chi connectivity index (χ0) is 53.7. The summed E-state index contributed by atoms with van der Waals surface area (Å²) in [6.45, 7) is 29.4. The summed E-state index contributed by atoms with van der Waals surface area (Å²) in [5, 5.41) is 12.8. The lowest BCUT2D eigenvalue weighted by Gasteiger charge is -2.28. The third kappa shape index (κ3) is 8.66. The molecule has 1 aliphatic carbocycles. The minimum Gasteiger partial charge on any atom is -0.507 e. The fourth-order valence-electron chi connectivity index (χ4n) is 11.8. The summed E-state index contributed by atoms with van der Waals surface area (Å²) in [5.41, 5.74) is 21.8. The molecule has 0 spiro atoms. The van der Waals surface area contributed by atoms with E-state index < -0.39 is 0 Å². The first-order chi connectivity index (χ1) is 36.0. The summed E-state index contributed by atoms with van der Waals surface area (Å²) in [6.07, 6.45) is 1.95. The minimum atomic E-state index is -0.346. The number of para-hydroxylation sites is 1. The van der Waals surface area contributed by atoms with Crippen molar-refractivity contribution >= 4 is 11.0 Å². The number of phenols is 1. The first-order valence-corrected chi connectivity index (χ1v) is 27.0. The highest BCUT2D eigenvalue weighted by molar-refractivity contribution is 6.01. The fourth-order valence-corrected chi connectivity index (χ4v) is 11.8. The van der Waals surface area contributed by atoms with Crippen molar-refractivity contribution in [3.8, 4) is 78.6 Å². The van der Waals surface area contributed by atoms with Gasteiger partial charge in [-0.15, -0.1) is 0 Å². The molecule has 4 nitrogen and oxygen atoms in total. The SMILES string of the molecule is CC(C)(C)c1ccc(-n2c(-c3cc(C(C)(C)C)cc(C(C)(C)C)c3O)nc3c(-c4cc(-c5cc(-c6ccc(C(C)(C)c7ccccc7)cc6)ccn5)cc5c4C(C)(C)c4ccccc4-5)cccc32)c(-c2ccccc2)c1. The van der Waals surface area contributed by atoms with E-state index in [9.17, 15) is 5.11 Å². The van der Waals surface area contributed by atoms with Gasteiger partial charge in [0.2, 0.25) is 0 Å². The van der Waals surface area contributed by atoms with Crippen LogP contribution in [0.1, 0.15) is 129 Å². The van der Waals surface area contributed by atoms with Gasteiger partial charge in [0.1, 0.15) is 11.6 Å². The Hall–Kier alpha value is -7.82. The number of aromatic hydroxyl groups is 1. The molecule has 2 aromatic heterocycles. The minimum absolute atomic E-state index is 0.0928. The number of rotatable bonds is 8. The molecule has 380 valence electrons. The number of nitrogens with zero attached hydrogens (tertiary/aromatic N) is 3. The lowest BCUT2D eigenvalue weighted by Crippen LogP contribution is -2.18. The second-order valence-electron chi connectivity index (χ2n) is 25.3. The van der Waals surface area contributed by atoms with Crippen molar-refractivity contribution in [2.45, 2.75) is 117 Å². The van der Waals surface area contributed by atoms with Gasteiger partial charge in [0.25, 0.3) is 0 Å². The highest BCUT2D eigenvalue weighted by Gasteiger charge is 2.39. The quantitative estimate of drug-likeness (QED) is 0.165. The molecule has 1 N–H and O–H groups in total. The number of hydrogen-bond donors (Lipinski definition) is 1. The smallest absolute Gasteiger partial charge is 0.149 e. The number of benzene rings is 8. The maximum absolute atomic E-state index is 12.8. The summed E-state index contributed by atoms with van der Waals surface area (Å²) in [6, 6.07) is 66.4. The molecule has 0 bridgehead atoms. The monoisotopic (exact) mass is 994 g/mol. The van der Waals surface area contributed by atoms with E-state index in [2.05, 4.69) is 277 Å². The molecular weight excluding hydrogens is 923 g/mol. The average Bonchev–Trinajstić information content (AvgIpc) is 3.90. The Morgan fingerprint density at radius 3 is 1.70 bits per heavy atom. The van der Waals surface area contributed by atoms with E-state index in [-0.39, 0.29) is 32.8 Å². The average molecular weight is 994 g/mol. The van der Waals surface area contributed by atoms with E-state index in [0.717, 1.165) is 72.5 Å². The lowest BCUT2D eigenvalue weighted by atomic mass is 9.78. The molecule has 11 rings (SSSR count). The van der Waals surface area contributed by atoms with Gasteiger partial charge in [-0.3, -0.25) is 9.55 Å². The lowest BCUT2D eigenvalue weighted by molar-refractivity contribution is 0.446. The molecule has 0 saturated carbocycles. The first kappa shape index (κ1) is 50.3. The predicted molar refractivity (Wildman–Crippen MR) is 320 cm³/mol. The first-order valence-electron chi connectivity index (χ1n) is 27.0. The maximum atomic E-state index is 12.8. The van der Waals surface area contributed by atoms with Gasteiger partial charge in [-0.2, -0.15) is 0 Å². The van der Waals surface area contributed by atoms with Crippen LogP contribution in [0, 0.1) is 0 Å². The summed E-state index contributed by atoms with van der Waals surface area (Å²) in [4.78, 5) is 11.0. The molecule has 4 heteroatoms. The molecule has 0 unspecified atom stereocenters. The van der Waals surface area contributed by atoms with Crippen LogP contribution < -0.4 is 0 Å². The zero-order valence-electron chi connectivity index (χ0n) is 46.7. The second kappa shape index (κ2) is 18.2. The summed E-state index contributed by atoms with van der Waals surface area (Å²) in [7, 11) is 0. The molecule has 0 radical (unpaired) electrons. The van der Waals surface area contributed by atoms with Crippen molar-refractivity contribution in [1.29, 1.82) is 0 Å². The van der Waals surface area contributed by atoms with E-state index in [4.69, 9.17) is 9.97 Å². The van der Waals surface area contributed by atoms with Gasteiger partial charge in [-0.05, 0) is 132 Å². The number of imidazole rings is 1. The van der Waals surface area contributed by atoms with Gasteiger partial charge < -0.3 is 5.11 Å². The van der Waals surface area contributed by atoms with Gasteiger partial charge in [0.15, 0.2) is 0 Å². The molecule has 0 atom stereocenters. The third-order valence-electron chi connectivity index (χ3n) is 16.3. The van der Waals surface area contributed by atoms with Crippen molar-refractivity contribution in [3.05, 3.63) is 227 Å². The van der Waals surface area contributed by atoms with Crippen LogP contribution in [-0.2, 0) is 27.1 Å². The van der Waals surface area contributed by atoms with Crippen LogP contribution in [0.25, 0.3) is 83.9 Å². The predicted octanol–water partition coefficient (Wildman–Crippen LogP) is 19.0. The Kier molecular flexibility index (Phi) is 12.1. The Morgan fingerprint density at radius 2 is 1.03 bits per heavy atom. The van der Waals surface area contributed by atoms with Crippen LogP contribution in [0.2, 0.25) is 0 Å². The van der Waals surface area contributed by atoms with Crippen LogP contribution >= 0.6 is 0 Å². The highest BCUT2D eigenvalue weighted by atomic mass is 16.3. The Morgan fingerprint density at radius 1 is 0.434 bits per heavy atom. The highest BCUT2D eigenvalue weighted by Crippen LogP contribution is 2.55. The molecule has 0 saturated heterocycles. The molecule has 0 aliphatic heterocycles. The number of pyridine rings is 1. The van der Waals surface area contributed by atoms with Crippen molar-refractivity contribution in [2.75, 3.05) is 0 Å². The van der Waals surface area contributed by atoms with Gasteiger partial charge in [0.05, 0.1) is 28.0 Å². The van der Waals surface area contributed by atoms with Crippen molar-refractivity contribution in [1.82, 2.24) is 14.5 Å². The summed E-state index contributed by atoms with van der Waals surface area (Å²) in [5.74, 6) is 0.950. The normalized spacial score (nSPS) is 13.5. The van der Waals surface area contributed by atoms with E-state index in [1.165, 1.54) is 38.9 Å². The second-order valence-corrected chi connectivity index (χ2v) is 25.3. The molecule has 10 aromatic rings. The van der Waals surface area contributed by atoms with Crippen LogP contribution in [0.4, 0.5) is 0 Å². The number of fused-ring (bicyclic) bond motifs is 4. The van der Waals surface area contributed by atoms with Gasteiger partial charge in [-0.1, -0.05) is 223 Å². The Balaban J connectivity index is 1.18. The summed E-state index contributed by atoms with van der Waals surface area (Å²) < 4.78 is 2.32. The molecular formula is C72H71N3O. The van der Waals surface area contributed by atoms with Gasteiger partial charge in [0, 0.05) is 39.3 Å². The van der Waals surface area contributed by atoms with Crippen molar-refractivity contribution < 1.29 is 5.11 Å². The molecule has 76 heavy (non-hydrogen) atoms. The number of hydrogen-bond acceptors (Lipinski definition) is 3. The van der Waals surface area contributed by atoms with Crippen LogP contribution in [0.5, 0.6) is 5.75 Å². The molecule has 8 aromatic carbocycles. The van der Waals surface area contributed by atoms with Gasteiger partial charge in [-0.25, -0.2) is 4.98 Å². The standard InChI is InChI=1S/C72H71N3O/c1-68(2,3)51-35-36-62(55(42-51)46-23-16-14-17-24-46)75-63-30-22-28-54(65(63)74-67(75)58-43-52(69(4,5)6)44-60(66(58)76)70(7,8)9)57-40-48(39-56-53-27-20-21-29-59(53)72(12,13)64(56)57)61-41-47(37-38-73-61)45-31-33-50(34-32-45)71(10,11)49-25-18-15-19-26-49/h14-44,76H,1-13H3.